The van der Waals surface area contributed by atoms with Crippen LogP contribution >= 0.6 is 11.3 Å². The second-order valence-corrected chi connectivity index (χ2v) is 10.2. The third kappa shape index (κ3) is 4.07. The Morgan fingerprint density at radius 1 is 1.09 bits per heavy atom. The number of carbonyl (C=O) groups excluding carboxylic acids is 1. The van der Waals surface area contributed by atoms with Crippen molar-refractivity contribution in [1.29, 1.82) is 0 Å². The topological polar surface area (TPSA) is 132 Å². The van der Waals surface area contributed by atoms with E-state index in [1.54, 1.807) is 13.0 Å². The van der Waals surface area contributed by atoms with Gasteiger partial charge in [-0.2, -0.15) is 0 Å². The average Bonchev–Trinajstić information content (AvgIpc) is 3.23. The summed E-state index contributed by atoms with van der Waals surface area (Å²) in [6, 6.07) is 12.1. The zero-order valence-corrected chi connectivity index (χ0v) is 18.5. The molecule has 4 aromatic rings. The van der Waals surface area contributed by atoms with E-state index in [0.717, 1.165) is 58.3 Å². The fraction of sp³-hybridized carbons (Fsp3) is 0.0952. The molecule has 2 aromatic heterocycles. The minimum atomic E-state index is -3.93. The van der Waals surface area contributed by atoms with Crippen molar-refractivity contribution in [1.82, 2.24) is 9.97 Å². The number of hydrogen-bond donors (Lipinski definition) is 1. The Kier molecular flexibility index (Phi) is 5.45. The smallest absolute Gasteiger partial charge is 0.269 e. The zero-order valence-electron chi connectivity index (χ0n) is 16.9. The van der Waals surface area contributed by atoms with Gasteiger partial charge in [-0.05, 0) is 44.2 Å². The van der Waals surface area contributed by atoms with Gasteiger partial charge in [-0.25, -0.2) is 13.4 Å². The molecule has 11 heteroatoms. The molecule has 0 unspecified atom stereocenters. The summed E-state index contributed by atoms with van der Waals surface area (Å²) < 4.78 is 25.5. The largest absolute Gasteiger partial charge is 0.298 e. The summed E-state index contributed by atoms with van der Waals surface area (Å²) in [7, 11) is -3.93. The van der Waals surface area contributed by atoms with E-state index in [9.17, 15) is 23.3 Å². The Balaban J connectivity index is 1.59. The Labute approximate surface area is 186 Å². The van der Waals surface area contributed by atoms with E-state index < -0.39 is 20.7 Å². The van der Waals surface area contributed by atoms with Gasteiger partial charge in [0.15, 0.2) is 5.13 Å². The summed E-state index contributed by atoms with van der Waals surface area (Å²) in [5, 5.41) is 14.3. The first kappa shape index (κ1) is 21.5. The number of fused-ring (bicyclic) bond motifs is 1. The first-order valence-electron chi connectivity index (χ1n) is 9.30. The molecule has 32 heavy (non-hydrogen) atoms. The number of aromatic nitrogens is 2. The van der Waals surface area contributed by atoms with Gasteiger partial charge in [-0.1, -0.05) is 23.0 Å². The number of anilines is 1. The molecule has 0 aliphatic carbocycles. The highest BCUT2D eigenvalue weighted by molar-refractivity contribution is 7.93. The van der Waals surface area contributed by atoms with Gasteiger partial charge in [-0.3, -0.25) is 25.2 Å². The van der Waals surface area contributed by atoms with E-state index >= 15 is 0 Å². The van der Waals surface area contributed by atoms with Crippen LogP contribution in [0.25, 0.3) is 10.9 Å². The number of nitrogens with zero attached hydrogens (tertiary/aromatic N) is 3. The molecule has 1 amide bonds. The fourth-order valence-corrected chi connectivity index (χ4v) is 5.52. The maximum Gasteiger partial charge on any atom is 0.269 e. The summed E-state index contributed by atoms with van der Waals surface area (Å²) in [4.78, 5) is 31.3. The van der Waals surface area contributed by atoms with Crippen molar-refractivity contribution in [3.05, 3.63) is 81.7 Å². The number of nitrogens with one attached hydrogen (secondary N) is 1. The van der Waals surface area contributed by atoms with Gasteiger partial charge in [0.1, 0.15) is 4.21 Å². The number of amides is 1. The molecule has 0 saturated heterocycles. The van der Waals surface area contributed by atoms with Crippen molar-refractivity contribution >= 4 is 48.8 Å². The van der Waals surface area contributed by atoms with E-state index in [2.05, 4.69) is 15.3 Å². The van der Waals surface area contributed by atoms with Crippen LogP contribution in [0.3, 0.4) is 0 Å². The first-order chi connectivity index (χ1) is 15.1. The molecular weight excluding hydrogens is 452 g/mol. The predicted octanol–water partition coefficient (Wildman–Crippen LogP) is 4.30. The summed E-state index contributed by atoms with van der Waals surface area (Å²) in [6.45, 7) is 3.67. The van der Waals surface area contributed by atoms with Crippen molar-refractivity contribution in [2.75, 3.05) is 5.32 Å². The molecule has 0 bridgehead atoms. The third-order valence-electron chi connectivity index (χ3n) is 4.73. The van der Waals surface area contributed by atoms with Gasteiger partial charge in [0.05, 0.1) is 32.8 Å². The highest BCUT2D eigenvalue weighted by atomic mass is 32.2. The number of aryl methyl sites for hydroxylation is 2. The van der Waals surface area contributed by atoms with Crippen LogP contribution in [0.5, 0.6) is 0 Å². The average molecular weight is 469 g/mol. The van der Waals surface area contributed by atoms with Crippen molar-refractivity contribution < 1.29 is 18.1 Å². The molecule has 0 spiro atoms. The Bertz CT molecular complexity index is 1480. The summed E-state index contributed by atoms with van der Waals surface area (Å²) in [5.74, 6) is -0.452. The molecule has 2 heterocycles. The van der Waals surface area contributed by atoms with E-state index in [1.807, 2.05) is 25.1 Å². The fourth-order valence-electron chi connectivity index (χ4n) is 3.09. The van der Waals surface area contributed by atoms with E-state index in [4.69, 9.17) is 0 Å². The van der Waals surface area contributed by atoms with Crippen LogP contribution in [0, 0.1) is 24.0 Å². The van der Waals surface area contributed by atoms with Gasteiger partial charge in [0.25, 0.3) is 11.6 Å². The zero-order chi connectivity index (χ0) is 23.0. The molecule has 0 aliphatic rings. The molecule has 4 rings (SSSR count). The van der Waals surface area contributed by atoms with E-state index in [1.165, 1.54) is 0 Å². The highest BCUT2D eigenvalue weighted by Crippen LogP contribution is 2.30. The number of rotatable bonds is 5. The lowest BCUT2D eigenvalue weighted by Crippen LogP contribution is -2.14. The maximum absolute atomic E-state index is 12.8. The Morgan fingerprint density at radius 3 is 2.50 bits per heavy atom. The molecule has 0 atom stereocenters. The molecule has 0 aliphatic heterocycles. The third-order valence-corrected chi connectivity index (χ3v) is 7.88. The van der Waals surface area contributed by atoms with Gasteiger partial charge >= 0.3 is 0 Å². The molecule has 1 N–H and O–H groups in total. The van der Waals surface area contributed by atoms with Crippen molar-refractivity contribution in [2.45, 2.75) is 23.0 Å². The number of pyridine rings is 1. The van der Waals surface area contributed by atoms with Crippen LogP contribution in [-0.2, 0) is 9.84 Å². The predicted molar refractivity (Wildman–Crippen MR) is 120 cm³/mol. The molecule has 0 fully saturated rings. The number of nitro benzene ring substituents is 1. The molecule has 0 saturated carbocycles. The van der Waals surface area contributed by atoms with Gasteiger partial charge in [-0.15, -0.1) is 0 Å². The summed E-state index contributed by atoms with van der Waals surface area (Å²) >= 11 is 0.795. The molecular formula is C21H16N4O5S2. The number of carbonyl (C=O) groups is 1. The molecule has 0 radical (unpaired) electrons. The number of sulfone groups is 1. The first-order valence-corrected chi connectivity index (χ1v) is 11.6. The second kappa shape index (κ2) is 8.09. The number of thiazole rings is 1. The standard InChI is InChI=1S/C21H16N4O5S2/c1-12-3-8-18-14(9-12)10-17(13(2)23-18)20(26)24-21-22-11-19(31-21)32(29,30)16-6-4-15(5-7-16)25(27)28/h3-11H,1-2H3,(H,22,24,26). The highest BCUT2D eigenvalue weighted by Gasteiger charge is 2.23. The van der Waals surface area contributed by atoms with Crippen molar-refractivity contribution in [2.24, 2.45) is 0 Å². The van der Waals surface area contributed by atoms with Gasteiger partial charge in [0, 0.05) is 17.5 Å². The number of hydrogen-bond acceptors (Lipinski definition) is 8. The quantitative estimate of drug-likeness (QED) is 0.341. The van der Waals surface area contributed by atoms with Crippen LogP contribution in [-0.4, -0.2) is 29.2 Å². The summed E-state index contributed by atoms with van der Waals surface area (Å²) in [6.07, 6.45) is 1.14. The van der Waals surface area contributed by atoms with Gasteiger partial charge < -0.3 is 0 Å². The van der Waals surface area contributed by atoms with Crippen LogP contribution in [0.1, 0.15) is 21.6 Å². The van der Waals surface area contributed by atoms with Gasteiger partial charge in [0.2, 0.25) is 9.84 Å². The number of non-ortho nitro benzene ring substituents is 1. The lowest BCUT2D eigenvalue weighted by molar-refractivity contribution is -0.384. The minimum Gasteiger partial charge on any atom is -0.298 e. The molecule has 162 valence electrons. The maximum atomic E-state index is 12.8. The summed E-state index contributed by atoms with van der Waals surface area (Å²) in [5.41, 5.74) is 2.49. The van der Waals surface area contributed by atoms with Crippen LogP contribution in [0.2, 0.25) is 0 Å². The Hall–Kier alpha value is -3.70. The van der Waals surface area contributed by atoms with Crippen molar-refractivity contribution in [3.63, 3.8) is 0 Å². The second-order valence-electron chi connectivity index (χ2n) is 7.01. The molecule has 9 nitrogen and oxygen atoms in total. The van der Waals surface area contributed by atoms with Crippen LogP contribution < -0.4 is 5.32 Å². The minimum absolute atomic E-state index is 0.0920. The van der Waals surface area contributed by atoms with E-state index in [0.29, 0.717) is 11.3 Å². The number of benzene rings is 2. The van der Waals surface area contributed by atoms with Crippen molar-refractivity contribution in [3.8, 4) is 0 Å². The molecule has 2 aromatic carbocycles. The van der Waals surface area contributed by atoms with Crippen LogP contribution in [0.4, 0.5) is 10.8 Å². The lowest BCUT2D eigenvalue weighted by Gasteiger charge is -2.07. The normalized spacial score (nSPS) is 11.4. The monoisotopic (exact) mass is 468 g/mol. The number of nitro groups is 1. The Morgan fingerprint density at radius 2 is 1.81 bits per heavy atom. The van der Waals surface area contributed by atoms with Crippen LogP contribution in [0.15, 0.2) is 63.8 Å². The van der Waals surface area contributed by atoms with E-state index in [-0.39, 0.29) is 19.9 Å². The lowest BCUT2D eigenvalue weighted by atomic mass is 10.1. The SMILES string of the molecule is Cc1ccc2nc(C)c(C(=O)Nc3ncc(S(=O)(=O)c4ccc([N+](=O)[O-])cc4)s3)cc2c1.